The number of hydrogen-bond donors (Lipinski definition) is 0. The minimum atomic E-state index is -0.719. The number of aromatic nitrogens is 2. The maximum Gasteiger partial charge on any atom is 0.329 e. The Morgan fingerprint density at radius 3 is 2.66 bits per heavy atom. The van der Waals surface area contributed by atoms with E-state index in [1.54, 1.807) is 4.90 Å². The van der Waals surface area contributed by atoms with E-state index in [0.29, 0.717) is 42.3 Å². The van der Waals surface area contributed by atoms with Crippen molar-refractivity contribution in [1.82, 2.24) is 15.1 Å². The van der Waals surface area contributed by atoms with Crippen molar-refractivity contribution in [1.29, 1.82) is 0 Å². The zero-order chi connectivity index (χ0) is 20.8. The molecule has 1 aliphatic carbocycles. The number of nitrogens with zero attached hydrogens (tertiary/aromatic N) is 4. The molecule has 2 atom stereocenters. The Kier molecular flexibility index (Phi) is 8.56. The second-order valence-electron chi connectivity index (χ2n) is 7.50. The van der Waals surface area contributed by atoms with E-state index >= 15 is 0 Å². The van der Waals surface area contributed by atoms with Crippen LogP contribution >= 0.6 is 38.9 Å². The Morgan fingerprint density at radius 1 is 1.28 bits per heavy atom. The quantitative estimate of drug-likeness (QED) is 0.298. The minimum absolute atomic E-state index is 0.209. The second kappa shape index (κ2) is 10.9. The van der Waals surface area contributed by atoms with Gasteiger partial charge in [0.15, 0.2) is 6.23 Å². The summed E-state index contributed by atoms with van der Waals surface area (Å²) in [6.45, 7) is 2.92. The molecule has 29 heavy (non-hydrogen) atoms. The average Bonchev–Trinajstić information content (AvgIpc) is 3.03. The Hall–Kier alpha value is -0.930. The summed E-state index contributed by atoms with van der Waals surface area (Å²) in [6.07, 6.45) is 7.45. The molecule has 1 aliphatic heterocycles. The van der Waals surface area contributed by atoms with Crippen LogP contribution in [0.3, 0.4) is 0 Å². The van der Waals surface area contributed by atoms with Crippen LogP contribution in [0.1, 0.15) is 69.2 Å². The van der Waals surface area contributed by atoms with Gasteiger partial charge in [0, 0.05) is 30.8 Å². The predicted molar refractivity (Wildman–Crippen MR) is 118 cm³/mol. The first-order chi connectivity index (χ1) is 14.0. The van der Waals surface area contributed by atoms with E-state index in [1.807, 2.05) is 6.92 Å². The van der Waals surface area contributed by atoms with Gasteiger partial charge in [-0.05, 0) is 19.3 Å². The molecule has 2 amide bonds. The van der Waals surface area contributed by atoms with E-state index in [1.165, 1.54) is 41.9 Å². The molecular formula is C19H28BrClN4O3S. The number of carbonyl (C=O) groups is 2. The van der Waals surface area contributed by atoms with Crippen LogP contribution in [0.5, 0.6) is 0 Å². The van der Waals surface area contributed by atoms with Crippen LogP contribution in [-0.2, 0) is 9.53 Å². The van der Waals surface area contributed by atoms with E-state index in [4.69, 9.17) is 16.3 Å². The number of alkyl halides is 2. The van der Waals surface area contributed by atoms with Crippen molar-refractivity contribution in [2.75, 3.05) is 23.3 Å². The smallest absolute Gasteiger partial charge is 0.329 e. The maximum absolute atomic E-state index is 13.1. The zero-order valence-corrected chi connectivity index (χ0v) is 19.8. The number of carbonyl (C=O) groups excluding carboxylic acids is 2. The van der Waals surface area contributed by atoms with Gasteiger partial charge < -0.3 is 9.64 Å². The lowest BCUT2D eigenvalue weighted by molar-refractivity contribution is -0.149. The monoisotopic (exact) mass is 506 g/mol. The van der Waals surface area contributed by atoms with Crippen LogP contribution in [0.25, 0.3) is 0 Å². The first kappa shape index (κ1) is 22.7. The van der Waals surface area contributed by atoms with Crippen molar-refractivity contribution in [3.8, 4) is 0 Å². The highest BCUT2D eigenvalue weighted by Crippen LogP contribution is 2.37. The van der Waals surface area contributed by atoms with Crippen LogP contribution in [0, 0.1) is 0 Å². The fraction of sp³-hybridized carbons (Fsp3) is 0.789. The number of halogens is 2. The van der Waals surface area contributed by atoms with E-state index in [-0.39, 0.29) is 6.03 Å². The number of ether oxygens (including phenoxy) is 1. The van der Waals surface area contributed by atoms with E-state index < -0.39 is 17.6 Å². The molecule has 0 aromatic carbocycles. The molecule has 2 fully saturated rings. The summed E-state index contributed by atoms with van der Waals surface area (Å²) in [5.41, 5.74) is 0. The molecule has 1 saturated heterocycles. The normalized spacial score (nSPS) is 22.4. The number of urea groups is 1. The third-order valence-electron chi connectivity index (χ3n) is 5.47. The maximum atomic E-state index is 13.1. The van der Waals surface area contributed by atoms with Crippen LogP contribution in [0.15, 0.2) is 0 Å². The van der Waals surface area contributed by atoms with Gasteiger partial charge in [-0.15, -0.1) is 21.8 Å². The summed E-state index contributed by atoms with van der Waals surface area (Å²) in [4.78, 5) is 28.6. The number of anilines is 1. The highest BCUT2D eigenvalue weighted by Gasteiger charge is 2.39. The van der Waals surface area contributed by atoms with Gasteiger partial charge in [0.1, 0.15) is 10.4 Å². The number of esters is 1. The number of amides is 2. The Bertz CT molecular complexity index is 699. The highest BCUT2D eigenvalue weighted by molar-refractivity contribution is 9.09. The average molecular weight is 508 g/mol. The van der Waals surface area contributed by atoms with Crippen LogP contribution < -0.4 is 4.90 Å². The lowest BCUT2D eigenvalue weighted by Gasteiger charge is -2.39. The van der Waals surface area contributed by atoms with Gasteiger partial charge in [-0.1, -0.05) is 59.9 Å². The van der Waals surface area contributed by atoms with Crippen molar-refractivity contribution in [2.45, 2.75) is 75.8 Å². The zero-order valence-electron chi connectivity index (χ0n) is 16.7. The topological polar surface area (TPSA) is 75.6 Å². The molecule has 1 aromatic rings. The van der Waals surface area contributed by atoms with Crippen LogP contribution in [0.2, 0.25) is 0 Å². The first-order valence-corrected chi connectivity index (χ1v) is 12.7. The third-order valence-corrected chi connectivity index (χ3v) is 7.40. The molecule has 0 radical (unpaired) electrons. The van der Waals surface area contributed by atoms with Gasteiger partial charge in [-0.25, -0.2) is 9.69 Å². The summed E-state index contributed by atoms with van der Waals surface area (Å²) < 4.78 is 5.62. The van der Waals surface area contributed by atoms with Crippen molar-refractivity contribution in [3.05, 3.63) is 5.01 Å². The lowest BCUT2D eigenvalue weighted by Crippen LogP contribution is -2.56. The van der Waals surface area contributed by atoms with Gasteiger partial charge >= 0.3 is 12.0 Å². The summed E-state index contributed by atoms with van der Waals surface area (Å²) in [7, 11) is 0. The summed E-state index contributed by atoms with van der Waals surface area (Å²) in [5.74, 6) is -0.102. The standard InChI is InChI=1S/C19H28BrClN4O3S/c1-2-14(21)17(26)28-15-9-11-24(12-10-20)19(27)25(15)18-23-22-16(29-18)13-7-5-3-4-6-8-13/h13-15H,2-12H2,1H3. The molecule has 10 heteroatoms. The molecule has 0 spiro atoms. The van der Waals surface area contributed by atoms with Gasteiger partial charge in [0.05, 0.1) is 0 Å². The SMILES string of the molecule is CCC(Cl)C(=O)OC1CCN(CCBr)C(=O)N1c1nnc(C2CCCCCC2)s1. The van der Waals surface area contributed by atoms with E-state index in [9.17, 15) is 9.59 Å². The fourth-order valence-electron chi connectivity index (χ4n) is 3.78. The van der Waals surface area contributed by atoms with Gasteiger partial charge in [-0.3, -0.25) is 4.79 Å². The molecule has 2 unspecified atom stereocenters. The Morgan fingerprint density at radius 2 is 2.00 bits per heavy atom. The molecule has 2 heterocycles. The highest BCUT2D eigenvalue weighted by atomic mass is 79.9. The van der Waals surface area contributed by atoms with E-state index in [2.05, 4.69) is 26.1 Å². The van der Waals surface area contributed by atoms with Crippen molar-refractivity contribution >= 4 is 56.0 Å². The lowest BCUT2D eigenvalue weighted by atomic mass is 10.0. The number of rotatable bonds is 7. The Labute approximate surface area is 189 Å². The molecule has 7 nitrogen and oxygen atoms in total. The minimum Gasteiger partial charge on any atom is -0.440 e. The summed E-state index contributed by atoms with van der Waals surface area (Å²) >= 11 is 10.9. The second-order valence-corrected chi connectivity index (χ2v) is 9.80. The summed E-state index contributed by atoms with van der Waals surface area (Å²) in [6, 6.07) is -0.209. The van der Waals surface area contributed by atoms with Crippen LogP contribution in [-0.4, -0.2) is 57.1 Å². The molecule has 1 aromatic heterocycles. The molecule has 1 saturated carbocycles. The first-order valence-electron chi connectivity index (χ1n) is 10.4. The molecule has 162 valence electrons. The third kappa shape index (κ3) is 5.61. The van der Waals surface area contributed by atoms with Crippen molar-refractivity contribution < 1.29 is 14.3 Å². The van der Waals surface area contributed by atoms with Gasteiger partial charge in [-0.2, -0.15) is 0 Å². The van der Waals surface area contributed by atoms with Crippen molar-refractivity contribution in [2.24, 2.45) is 0 Å². The molecule has 0 N–H and O–H groups in total. The molecule has 3 rings (SSSR count). The van der Waals surface area contributed by atoms with Crippen molar-refractivity contribution in [3.63, 3.8) is 0 Å². The van der Waals surface area contributed by atoms with Crippen LogP contribution in [0.4, 0.5) is 9.93 Å². The number of hydrogen-bond acceptors (Lipinski definition) is 6. The predicted octanol–water partition coefficient (Wildman–Crippen LogP) is 4.89. The fourth-order valence-corrected chi connectivity index (χ4v) is 5.31. The molecule has 0 bridgehead atoms. The van der Waals surface area contributed by atoms with E-state index in [0.717, 1.165) is 17.8 Å². The largest absolute Gasteiger partial charge is 0.440 e. The summed E-state index contributed by atoms with van der Waals surface area (Å²) in [5, 5.41) is 10.2. The molecule has 2 aliphatic rings. The molecular weight excluding hydrogens is 480 g/mol. The van der Waals surface area contributed by atoms with Gasteiger partial charge in [0.25, 0.3) is 0 Å². The van der Waals surface area contributed by atoms with Gasteiger partial charge in [0.2, 0.25) is 5.13 Å². The Balaban J connectivity index is 1.81.